The molecule has 2 N–H and O–H groups in total. The first-order chi connectivity index (χ1) is 17.6. The average Bonchev–Trinajstić information content (AvgIpc) is 2.91. The van der Waals surface area contributed by atoms with Crippen LogP contribution in [0.3, 0.4) is 0 Å². The molecule has 36 heavy (non-hydrogen) atoms. The van der Waals surface area contributed by atoms with Gasteiger partial charge in [0.15, 0.2) is 0 Å². The van der Waals surface area contributed by atoms with E-state index in [1.807, 2.05) is 44.2 Å². The van der Waals surface area contributed by atoms with Crippen molar-refractivity contribution in [2.75, 3.05) is 17.2 Å². The highest BCUT2D eigenvalue weighted by Gasteiger charge is 2.12. The van der Waals surface area contributed by atoms with E-state index in [1.165, 1.54) is 6.08 Å². The molecule has 4 rings (SSSR count). The van der Waals surface area contributed by atoms with Crippen molar-refractivity contribution in [3.8, 4) is 23.1 Å². The minimum Gasteiger partial charge on any atom is -0.494 e. The Balaban J connectivity index is 1.50. The summed E-state index contributed by atoms with van der Waals surface area (Å²) in [5.41, 5.74) is 4.52. The number of nitriles is 1. The van der Waals surface area contributed by atoms with Crippen molar-refractivity contribution in [2.45, 2.75) is 13.8 Å². The maximum Gasteiger partial charge on any atom is 0.266 e. The Morgan fingerprint density at radius 2 is 1.94 bits per heavy atom. The van der Waals surface area contributed by atoms with E-state index in [4.69, 9.17) is 4.74 Å². The number of aromatic nitrogens is 3. The number of amides is 1. The molecule has 2 aromatic carbocycles. The molecule has 0 saturated carbocycles. The highest BCUT2D eigenvalue weighted by molar-refractivity contribution is 6.09. The van der Waals surface area contributed by atoms with Crippen LogP contribution in [0, 0.1) is 18.3 Å². The topological polar surface area (TPSA) is 113 Å². The van der Waals surface area contributed by atoms with Gasteiger partial charge in [0, 0.05) is 35.5 Å². The van der Waals surface area contributed by atoms with Gasteiger partial charge in [-0.1, -0.05) is 18.2 Å². The van der Waals surface area contributed by atoms with Gasteiger partial charge in [-0.15, -0.1) is 0 Å². The lowest BCUT2D eigenvalue weighted by Crippen LogP contribution is -2.13. The maximum atomic E-state index is 12.8. The number of hydrogen-bond acceptors (Lipinski definition) is 7. The van der Waals surface area contributed by atoms with Crippen LogP contribution in [-0.4, -0.2) is 27.5 Å². The lowest BCUT2D eigenvalue weighted by molar-refractivity contribution is -0.112. The van der Waals surface area contributed by atoms with Gasteiger partial charge in [0.05, 0.1) is 12.3 Å². The normalized spacial score (nSPS) is 10.9. The smallest absolute Gasteiger partial charge is 0.266 e. The summed E-state index contributed by atoms with van der Waals surface area (Å²) < 4.78 is 5.43. The van der Waals surface area contributed by atoms with Crippen molar-refractivity contribution >= 4 is 29.3 Å². The molecule has 178 valence electrons. The van der Waals surface area contributed by atoms with Gasteiger partial charge in [-0.05, 0) is 73.5 Å². The standard InChI is InChI=1S/C28H24N6O2/c1-3-36-24-10-7-20(8-11-24)15-22(17-29)27(35)32-23-9-6-19(2)26(16-23)34-28-31-14-12-25(33-28)21-5-4-13-30-18-21/h4-16,18H,3H2,1-2H3,(H,32,35)(H,31,33,34)/b22-15+. The second kappa shape index (κ2) is 11.4. The quantitative estimate of drug-likeness (QED) is 0.254. The molecule has 8 heteroatoms. The van der Waals surface area contributed by atoms with Crippen molar-refractivity contribution in [1.29, 1.82) is 5.26 Å². The van der Waals surface area contributed by atoms with E-state index in [0.29, 0.717) is 18.2 Å². The summed E-state index contributed by atoms with van der Waals surface area (Å²) in [6.07, 6.45) is 6.65. The van der Waals surface area contributed by atoms with E-state index < -0.39 is 5.91 Å². The first-order valence-electron chi connectivity index (χ1n) is 11.3. The summed E-state index contributed by atoms with van der Waals surface area (Å²) in [6.45, 7) is 4.41. The molecule has 8 nitrogen and oxygen atoms in total. The van der Waals surface area contributed by atoms with Crippen LogP contribution in [0.4, 0.5) is 17.3 Å². The zero-order chi connectivity index (χ0) is 25.3. The summed E-state index contributed by atoms with van der Waals surface area (Å²) in [7, 11) is 0. The molecule has 0 radical (unpaired) electrons. The van der Waals surface area contributed by atoms with E-state index >= 15 is 0 Å². The van der Waals surface area contributed by atoms with Crippen LogP contribution in [0.1, 0.15) is 18.1 Å². The van der Waals surface area contributed by atoms with Crippen molar-refractivity contribution in [1.82, 2.24) is 15.0 Å². The molecule has 4 aromatic rings. The van der Waals surface area contributed by atoms with Crippen LogP contribution in [-0.2, 0) is 4.79 Å². The van der Waals surface area contributed by atoms with Gasteiger partial charge in [-0.2, -0.15) is 5.26 Å². The molecule has 0 aliphatic rings. The summed E-state index contributed by atoms with van der Waals surface area (Å²) in [5.74, 6) is 0.638. The number of carbonyl (C=O) groups is 1. The predicted molar refractivity (Wildman–Crippen MR) is 140 cm³/mol. The SMILES string of the molecule is CCOc1ccc(/C=C(\C#N)C(=O)Nc2ccc(C)c(Nc3nccc(-c4cccnc4)n3)c2)cc1. The Morgan fingerprint density at radius 3 is 2.67 bits per heavy atom. The van der Waals surface area contributed by atoms with Gasteiger partial charge >= 0.3 is 0 Å². The third-order valence-corrected chi connectivity index (χ3v) is 5.22. The fourth-order valence-electron chi connectivity index (χ4n) is 3.39. The third kappa shape index (κ3) is 6.10. The zero-order valence-corrected chi connectivity index (χ0v) is 19.9. The number of rotatable bonds is 8. The zero-order valence-electron chi connectivity index (χ0n) is 19.9. The molecule has 0 atom stereocenters. The van der Waals surface area contributed by atoms with Crippen LogP contribution in [0.5, 0.6) is 5.75 Å². The molecule has 0 aliphatic heterocycles. The fraction of sp³-hybridized carbons (Fsp3) is 0.107. The van der Waals surface area contributed by atoms with Gasteiger partial charge in [0.25, 0.3) is 5.91 Å². The van der Waals surface area contributed by atoms with E-state index in [9.17, 15) is 10.1 Å². The second-order valence-electron chi connectivity index (χ2n) is 7.79. The highest BCUT2D eigenvalue weighted by atomic mass is 16.5. The van der Waals surface area contributed by atoms with Gasteiger partial charge in [0.1, 0.15) is 17.4 Å². The molecule has 0 saturated heterocycles. The molecule has 0 bridgehead atoms. The Labute approximate surface area is 209 Å². The van der Waals surface area contributed by atoms with E-state index in [2.05, 4.69) is 25.6 Å². The number of nitrogens with one attached hydrogen (secondary N) is 2. The monoisotopic (exact) mass is 476 g/mol. The first kappa shape index (κ1) is 24.1. The number of nitrogens with zero attached hydrogens (tertiary/aromatic N) is 4. The maximum absolute atomic E-state index is 12.8. The highest BCUT2D eigenvalue weighted by Crippen LogP contribution is 2.25. The minimum absolute atomic E-state index is 0.0123. The number of hydrogen-bond donors (Lipinski definition) is 2. The van der Waals surface area contributed by atoms with Crippen molar-refractivity contribution in [3.05, 3.63) is 96.0 Å². The predicted octanol–water partition coefficient (Wildman–Crippen LogP) is 5.54. The summed E-state index contributed by atoms with van der Waals surface area (Å²) in [5, 5.41) is 15.6. The van der Waals surface area contributed by atoms with Crippen LogP contribution in [0.25, 0.3) is 17.3 Å². The van der Waals surface area contributed by atoms with Crippen molar-refractivity contribution in [2.24, 2.45) is 0 Å². The Bertz CT molecular complexity index is 1430. The number of ether oxygens (including phenoxy) is 1. The van der Waals surface area contributed by atoms with Gasteiger partial charge in [0.2, 0.25) is 5.95 Å². The molecule has 0 aliphatic carbocycles. The first-order valence-corrected chi connectivity index (χ1v) is 11.3. The summed E-state index contributed by atoms with van der Waals surface area (Å²) in [4.78, 5) is 25.8. The number of benzene rings is 2. The number of carbonyl (C=O) groups excluding carboxylic acids is 1. The molecule has 1 amide bonds. The summed E-state index contributed by atoms with van der Waals surface area (Å²) in [6, 6.07) is 20.2. The fourth-order valence-corrected chi connectivity index (χ4v) is 3.39. The minimum atomic E-state index is -0.504. The molecule has 2 heterocycles. The molecular formula is C28H24N6O2. The Kier molecular flexibility index (Phi) is 7.63. The van der Waals surface area contributed by atoms with E-state index in [1.54, 1.807) is 55.0 Å². The van der Waals surface area contributed by atoms with Gasteiger partial charge in [-0.3, -0.25) is 9.78 Å². The Morgan fingerprint density at radius 1 is 1.11 bits per heavy atom. The lowest BCUT2D eigenvalue weighted by Gasteiger charge is -2.12. The lowest BCUT2D eigenvalue weighted by atomic mass is 10.1. The van der Waals surface area contributed by atoms with Crippen LogP contribution in [0.2, 0.25) is 0 Å². The second-order valence-corrected chi connectivity index (χ2v) is 7.79. The average molecular weight is 477 g/mol. The van der Waals surface area contributed by atoms with Gasteiger partial charge in [-0.25, -0.2) is 9.97 Å². The van der Waals surface area contributed by atoms with Crippen LogP contribution in [0.15, 0.2) is 84.8 Å². The number of anilines is 3. The van der Waals surface area contributed by atoms with Crippen LogP contribution >= 0.6 is 0 Å². The molecule has 2 aromatic heterocycles. The van der Waals surface area contributed by atoms with E-state index in [-0.39, 0.29) is 5.57 Å². The van der Waals surface area contributed by atoms with Crippen molar-refractivity contribution in [3.63, 3.8) is 0 Å². The molecule has 0 unspecified atom stereocenters. The van der Waals surface area contributed by atoms with Gasteiger partial charge < -0.3 is 15.4 Å². The molecule has 0 fully saturated rings. The molecule has 0 spiro atoms. The van der Waals surface area contributed by atoms with Crippen LogP contribution < -0.4 is 15.4 Å². The third-order valence-electron chi connectivity index (χ3n) is 5.22. The number of aryl methyl sites for hydroxylation is 1. The van der Waals surface area contributed by atoms with E-state index in [0.717, 1.165) is 33.8 Å². The number of pyridine rings is 1. The summed E-state index contributed by atoms with van der Waals surface area (Å²) >= 11 is 0. The van der Waals surface area contributed by atoms with Crippen molar-refractivity contribution < 1.29 is 9.53 Å². The largest absolute Gasteiger partial charge is 0.494 e. The molecular weight excluding hydrogens is 452 g/mol. The Hall–Kier alpha value is -5.03.